The number of carbonyl (C=O) groups is 1. The molecule has 7 heteroatoms. The third-order valence-corrected chi connectivity index (χ3v) is 3.84. The molecule has 1 heterocycles. The first-order chi connectivity index (χ1) is 11.2. The quantitative estimate of drug-likeness (QED) is 0.750. The monoisotopic (exact) mass is 367 g/mol. The fraction of sp³-hybridized carbons (Fsp3) is 0.294. The van der Waals surface area contributed by atoms with E-state index in [0.29, 0.717) is 18.8 Å². The zero-order chi connectivity index (χ0) is 16.5. The summed E-state index contributed by atoms with van der Waals surface area (Å²) in [5.41, 5.74) is 6.72. The molecular formula is C17H22ClN3O2S. The van der Waals surface area contributed by atoms with E-state index in [-0.39, 0.29) is 18.3 Å². The van der Waals surface area contributed by atoms with Crippen molar-refractivity contribution in [2.75, 3.05) is 12.0 Å². The maximum absolute atomic E-state index is 11.8. The number of amides is 1. The molecule has 0 radical (unpaired) electrons. The third-order valence-electron chi connectivity index (χ3n) is 3.20. The molecule has 1 aromatic heterocycles. The lowest BCUT2D eigenvalue weighted by atomic mass is 10.2. The molecule has 0 unspecified atom stereocenters. The lowest BCUT2D eigenvalue weighted by Crippen LogP contribution is -2.40. The average molecular weight is 368 g/mol. The second-order valence-electron chi connectivity index (χ2n) is 5.03. The van der Waals surface area contributed by atoms with Gasteiger partial charge >= 0.3 is 0 Å². The van der Waals surface area contributed by atoms with Gasteiger partial charge in [-0.15, -0.1) is 12.4 Å². The third kappa shape index (κ3) is 6.78. The standard InChI is InChI=1S/C17H21N3O2S.ClH/c1-23-10-9-15(18)17(21)20-12-13-7-8-16(19-11-13)22-14-5-3-2-4-6-14;/h2-8,11,15H,9-10,12,18H2,1H3,(H,20,21);1H/t15-;/m0./s1. The molecule has 0 aliphatic rings. The Morgan fingerprint density at radius 2 is 2.04 bits per heavy atom. The van der Waals surface area contributed by atoms with Gasteiger partial charge in [-0.05, 0) is 36.1 Å². The molecule has 130 valence electrons. The predicted octanol–water partition coefficient (Wildman–Crippen LogP) is 2.99. The van der Waals surface area contributed by atoms with Crippen LogP contribution in [0.1, 0.15) is 12.0 Å². The van der Waals surface area contributed by atoms with Crippen LogP contribution in [0, 0.1) is 0 Å². The number of thioether (sulfide) groups is 1. The van der Waals surface area contributed by atoms with Gasteiger partial charge in [-0.25, -0.2) is 4.98 Å². The molecule has 0 fully saturated rings. The van der Waals surface area contributed by atoms with Crippen LogP contribution in [0.2, 0.25) is 0 Å². The van der Waals surface area contributed by atoms with E-state index >= 15 is 0 Å². The average Bonchev–Trinajstić information content (AvgIpc) is 2.59. The highest BCUT2D eigenvalue weighted by Crippen LogP contribution is 2.18. The van der Waals surface area contributed by atoms with Crippen LogP contribution in [-0.2, 0) is 11.3 Å². The van der Waals surface area contributed by atoms with Gasteiger partial charge in [0.15, 0.2) is 0 Å². The van der Waals surface area contributed by atoms with E-state index in [2.05, 4.69) is 10.3 Å². The Labute approximate surface area is 152 Å². The number of para-hydroxylation sites is 1. The van der Waals surface area contributed by atoms with Crippen molar-refractivity contribution in [2.45, 2.75) is 19.0 Å². The molecule has 1 aromatic carbocycles. The zero-order valence-electron chi connectivity index (χ0n) is 13.5. The normalized spacial score (nSPS) is 11.2. The number of hydrogen-bond acceptors (Lipinski definition) is 5. The van der Waals surface area contributed by atoms with Gasteiger partial charge in [-0.1, -0.05) is 24.3 Å². The van der Waals surface area contributed by atoms with Crippen molar-refractivity contribution in [3.8, 4) is 11.6 Å². The summed E-state index contributed by atoms with van der Waals surface area (Å²) >= 11 is 1.68. The second kappa shape index (κ2) is 10.9. The number of aromatic nitrogens is 1. The second-order valence-corrected chi connectivity index (χ2v) is 6.01. The number of nitrogens with one attached hydrogen (secondary N) is 1. The lowest BCUT2D eigenvalue weighted by Gasteiger charge is -2.11. The van der Waals surface area contributed by atoms with Crippen LogP contribution in [-0.4, -0.2) is 28.9 Å². The largest absolute Gasteiger partial charge is 0.439 e. The predicted molar refractivity (Wildman–Crippen MR) is 101 cm³/mol. The first-order valence-corrected chi connectivity index (χ1v) is 8.78. The lowest BCUT2D eigenvalue weighted by molar-refractivity contribution is -0.122. The Hall–Kier alpha value is -1.76. The Morgan fingerprint density at radius 3 is 2.67 bits per heavy atom. The van der Waals surface area contributed by atoms with E-state index < -0.39 is 6.04 Å². The summed E-state index contributed by atoms with van der Waals surface area (Å²) in [4.78, 5) is 16.1. The summed E-state index contributed by atoms with van der Waals surface area (Å²) in [6.07, 6.45) is 4.36. The molecular weight excluding hydrogens is 346 g/mol. The van der Waals surface area contributed by atoms with Crippen molar-refractivity contribution >= 4 is 30.1 Å². The van der Waals surface area contributed by atoms with Crippen LogP contribution < -0.4 is 15.8 Å². The van der Waals surface area contributed by atoms with E-state index in [1.54, 1.807) is 24.0 Å². The number of hydrogen-bond donors (Lipinski definition) is 2. The van der Waals surface area contributed by atoms with Gasteiger partial charge in [-0.3, -0.25) is 4.79 Å². The van der Waals surface area contributed by atoms with Gasteiger partial charge < -0.3 is 15.8 Å². The number of nitrogens with two attached hydrogens (primary N) is 1. The summed E-state index contributed by atoms with van der Waals surface area (Å²) in [5.74, 6) is 1.99. The summed E-state index contributed by atoms with van der Waals surface area (Å²) in [7, 11) is 0. The van der Waals surface area contributed by atoms with Crippen molar-refractivity contribution in [3.05, 3.63) is 54.2 Å². The van der Waals surface area contributed by atoms with Gasteiger partial charge in [-0.2, -0.15) is 11.8 Å². The maximum atomic E-state index is 11.8. The minimum Gasteiger partial charge on any atom is -0.439 e. The number of rotatable bonds is 8. The number of halogens is 1. The number of nitrogens with zero attached hydrogens (tertiary/aromatic N) is 1. The fourth-order valence-corrected chi connectivity index (χ4v) is 2.37. The Bertz CT molecular complexity index is 611. The van der Waals surface area contributed by atoms with Gasteiger partial charge in [0.05, 0.1) is 6.04 Å². The van der Waals surface area contributed by atoms with Gasteiger partial charge in [0, 0.05) is 18.8 Å². The number of ether oxygens (including phenoxy) is 1. The number of carbonyl (C=O) groups excluding carboxylic acids is 1. The molecule has 3 N–H and O–H groups in total. The molecule has 2 aromatic rings. The van der Waals surface area contributed by atoms with Crippen molar-refractivity contribution in [3.63, 3.8) is 0 Å². The molecule has 0 aliphatic heterocycles. The van der Waals surface area contributed by atoms with Crippen molar-refractivity contribution in [1.29, 1.82) is 0 Å². The van der Waals surface area contributed by atoms with E-state index in [0.717, 1.165) is 17.1 Å². The highest BCUT2D eigenvalue weighted by molar-refractivity contribution is 7.98. The Kier molecular flexibility index (Phi) is 9.22. The van der Waals surface area contributed by atoms with E-state index in [1.807, 2.05) is 42.7 Å². The van der Waals surface area contributed by atoms with Gasteiger partial charge in [0.25, 0.3) is 0 Å². The zero-order valence-corrected chi connectivity index (χ0v) is 15.1. The van der Waals surface area contributed by atoms with Gasteiger partial charge in [0.1, 0.15) is 5.75 Å². The fourth-order valence-electron chi connectivity index (χ4n) is 1.88. The highest BCUT2D eigenvalue weighted by atomic mass is 35.5. The van der Waals surface area contributed by atoms with Crippen molar-refractivity contribution < 1.29 is 9.53 Å². The van der Waals surface area contributed by atoms with Crippen LogP contribution in [0.25, 0.3) is 0 Å². The summed E-state index contributed by atoms with van der Waals surface area (Å²) < 4.78 is 5.62. The first kappa shape index (κ1) is 20.3. The number of benzene rings is 1. The van der Waals surface area contributed by atoms with Crippen LogP contribution in [0.15, 0.2) is 48.7 Å². The SMILES string of the molecule is CSCC[C@H](N)C(=O)NCc1ccc(Oc2ccccc2)nc1.Cl. The Morgan fingerprint density at radius 1 is 1.29 bits per heavy atom. The minimum atomic E-state index is -0.462. The van der Waals surface area contributed by atoms with E-state index in [9.17, 15) is 4.79 Å². The maximum Gasteiger partial charge on any atom is 0.237 e. The molecule has 0 aliphatic carbocycles. The Balaban J connectivity index is 0.00000288. The van der Waals surface area contributed by atoms with Crippen LogP contribution in [0.4, 0.5) is 0 Å². The smallest absolute Gasteiger partial charge is 0.237 e. The summed E-state index contributed by atoms with van der Waals surface area (Å²) in [5, 5.41) is 2.82. The first-order valence-electron chi connectivity index (χ1n) is 7.39. The molecule has 1 amide bonds. The minimum absolute atomic E-state index is 0. The van der Waals surface area contributed by atoms with Crippen LogP contribution in [0.3, 0.4) is 0 Å². The van der Waals surface area contributed by atoms with Crippen molar-refractivity contribution in [2.24, 2.45) is 5.73 Å². The molecule has 24 heavy (non-hydrogen) atoms. The molecule has 0 saturated carbocycles. The van der Waals surface area contributed by atoms with Gasteiger partial charge in [0.2, 0.25) is 11.8 Å². The van der Waals surface area contributed by atoms with E-state index in [4.69, 9.17) is 10.5 Å². The number of pyridine rings is 1. The molecule has 0 bridgehead atoms. The highest BCUT2D eigenvalue weighted by Gasteiger charge is 2.12. The molecule has 1 atom stereocenters. The summed E-state index contributed by atoms with van der Waals surface area (Å²) in [6, 6.07) is 12.7. The molecule has 0 spiro atoms. The summed E-state index contributed by atoms with van der Waals surface area (Å²) in [6.45, 7) is 0.407. The van der Waals surface area contributed by atoms with Crippen LogP contribution >= 0.6 is 24.2 Å². The van der Waals surface area contributed by atoms with E-state index in [1.165, 1.54) is 0 Å². The van der Waals surface area contributed by atoms with Crippen molar-refractivity contribution in [1.82, 2.24) is 10.3 Å². The topological polar surface area (TPSA) is 77.2 Å². The molecule has 5 nitrogen and oxygen atoms in total. The molecule has 0 saturated heterocycles. The van der Waals surface area contributed by atoms with Crippen LogP contribution in [0.5, 0.6) is 11.6 Å². The molecule has 2 rings (SSSR count).